The summed E-state index contributed by atoms with van der Waals surface area (Å²) in [5.41, 5.74) is 5.62. The summed E-state index contributed by atoms with van der Waals surface area (Å²) in [5.74, 6) is 0.256. The smallest absolute Gasteiger partial charge is 0.407 e. The van der Waals surface area contributed by atoms with E-state index in [0.717, 1.165) is 0 Å². The Bertz CT molecular complexity index is 529. The molecule has 0 fully saturated rings. The van der Waals surface area contributed by atoms with E-state index in [-0.39, 0.29) is 18.0 Å². The van der Waals surface area contributed by atoms with Crippen LogP contribution in [0.3, 0.4) is 0 Å². The second kappa shape index (κ2) is 7.56. The molecule has 0 spiro atoms. The van der Waals surface area contributed by atoms with Gasteiger partial charge < -0.3 is 25.6 Å². The standard InChI is InChI=1S/C15H23ClN2O4/c1-15(2,3)22-14(20)18-11(8-17)6-9-5-10(16)7-12(21-4)13(9)19/h5,7,11,19H,6,8,17H2,1-4H3,(H,18,20). The number of methoxy groups -OCH3 is 1. The predicted octanol–water partition coefficient (Wildman–Crippen LogP) is 2.45. The third-order valence-corrected chi connectivity index (χ3v) is 3.03. The SMILES string of the molecule is COc1cc(Cl)cc(CC(CN)NC(=O)OC(C)(C)C)c1O. The Morgan fingerprint density at radius 3 is 2.59 bits per heavy atom. The summed E-state index contributed by atoms with van der Waals surface area (Å²) in [6.45, 7) is 5.51. The van der Waals surface area contributed by atoms with Crippen molar-refractivity contribution in [3.05, 3.63) is 22.7 Å². The fraction of sp³-hybridized carbons (Fsp3) is 0.533. The minimum absolute atomic E-state index is 0.0173. The molecule has 6 nitrogen and oxygen atoms in total. The summed E-state index contributed by atoms with van der Waals surface area (Å²) < 4.78 is 10.2. The third-order valence-electron chi connectivity index (χ3n) is 2.81. The van der Waals surface area contributed by atoms with E-state index < -0.39 is 17.7 Å². The van der Waals surface area contributed by atoms with Crippen LogP contribution in [0.25, 0.3) is 0 Å². The zero-order valence-electron chi connectivity index (χ0n) is 13.3. The van der Waals surface area contributed by atoms with Gasteiger partial charge in [-0.1, -0.05) is 11.6 Å². The molecule has 0 radical (unpaired) electrons. The van der Waals surface area contributed by atoms with E-state index in [9.17, 15) is 9.90 Å². The van der Waals surface area contributed by atoms with Gasteiger partial charge in [0.2, 0.25) is 0 Å². The second-order valence-electron chi connectivity index (χ2n) is 5.90. The van der Waals surface area contributed by atoms with Crippen molar-refractivity contribution < 1.29 is 19.4 Å². The average Bonchev–Trinajstić information content (AvgIpc) is 2.39. The van der Waals surface area contributed by atoms with E-state index in [0.29, 0.717) is 17.0 Å². The van der Waals surface area contributed by atoms with Crippen LogP contribution in [0.1, 0.15) is 26.3 Å². The van der Waals surface area contributed by atoms with Crippen LogP contribution >= 0.6 is 11.6 Å². The van der Waals surface area contributed by atoms with Crippen molar-refractivity contribution in [2.45, 2.75) is 38.8 Å². The molecule has 1 amide bonds. The Morgan fingerprint density at radius 2 is 2.09 bits per heavy atom. The summed E-state index contributed by atoms with van der Waals surface area (Å²) in [6.07, 6.45) is -0.255. The van der Waals surface area contributed by atoms with Gasteiger partial charge in [0.15, 0.2) is 11.5 Å². The highest BCUT2D eigenvalue weighted by molar-refractivity contribution is 6.30. The molecule has 0 bridgehead atoms. The Labute approximate surface area is 135 Å². The topological polar surface area (TPSA) is 93.8 Å². The van der Waals surface area contributed by atoms with E-state index in [4.69, 9.17) is 26.8 Å². The monoisotopic (exact) mass is 330 g/mol. The summed E-state index contributed by atoms with van der Waals surface area (Å²) in [4.78, 5) is 11.8. The van der Waals surface area contributed by atoms with Crippen molar-refractivity contribution in [1.29, 1.82) is 0 Å². The molecule has 0 aromatic heterocycles. The van der Waals surface area contributed by atoms with Crippen LogP contribution in [0.4, 0.5) is 4.79 Å². The molecule has 0 saturated carbocycles. The fourth-order valence-electron chi connectivity index (χ4n) is 1.87. The number of nitrogens with one attached hydrogen (secondary N) is 1. The maximum atomic E-state index is 11.8. The number of phenols is 1. The van der Waals surface area contributed by atoms with Crippen molar-refractivity contribution in [3.63, 3.8) is 0 Å². The Morgan fingerprint density at radius 1 is 1.45 bits per heavy atom. The van der Waals surface area contributed by atoms with Crippen LogP contribution in [0.5, 0.6) is 11.5 Å². The molecule has 1 aromatic rings. The Hall–Kier alpha value is -1.66. The average molecular weight is 331 g/mol. The Balaban J connectivity index is 2.83. The molecular weight excluding hydrogens is 308 g/mol. The molecule has 124 valence electrons. The van der Waals surface area contributed by atoms with Gasteiger partial charge in [0.1, 0.15) is 5.60 Å². The maximum absolute atomic E-state index is 11.8. The molecule has 0 saturated heterocycles. The lowest BCUT2D eigenvalue weighted by Gasteiger charge is -2.23. The van der Waals surface area contributed by atoms with E-state index in [1.165, 1.54) is 13.2 Å². The van der Waals surface area contributed by atoms with Gasteiger partial charge in [-0.05, 0) is 33.3 Å². The van der Waals surface area contributed by atoms with Gasteiger partial charge in [-0.2, -0.15) is 0 Å². The molecule has 1 atom stereocenters. The normalized spacial score (nSPS) is 12.6. The molecule has 1 aromatic carbocycles. The molecule has 1 unspecified atom stereocenters. The predicted molar refractivity (Wildman–Crippen MR) is 85.6 cm³/mol. The lowest BCUT2D eigenvalue weighted by atomic mass is 10.0. The van der Waals surface area contributed by atoms with Crippen molar-refractivity contribution in [1.82, 2.24) is 5.32 Å². The molecule has 0 aliphatic heterocycles. The highest BCUT2D eigenvalue weighted by Crippen LogP contribution is 2.34. The van der Waals surface area contributed by atoms with Crippen molar-refractivity contribution >= 4 is 17.7 Å². The molecule has 1 rings (SSSR count). The number of alkyl carbamates (subject to hydrolysis) is 1. The molecule has 7 heteroatoms. The minimum atomic E-state index is -0.593. The molecule has 22 heavy (non-hydrogen) atoms. The van der Waals surface area contributed by atoms with Crippen molar-refractivity contribution in [2.75, 3.05) is 13.7 Å². The highest BCUT2D eigenvalue weighted by atomic mass is 35.5. The molecule has 0 aliphatic carbocycles. The van der Waals surface area contributed by atoms with E-state index in [2.05, 4.69) is 5.32 Å². The van der Waals surface area contributed by atoms with Gasteiger partial charge in [0.05, 0.1) is 7.11 Å². The van der Waals surface area contributed by atoms with Crippen LogP contribution < -0.4 is 15.8 Å². The molecule has 0 aliphatic rings. The maximum Gasteiger partial charge on any atom is 0.407 e. The van der Waals surface area contributed by atoms with Gasteiger partial charge in [-0.15, -0.1) is 0 Å². The minimum Gasteiger partial charge on any atom is -0.504 e. The van der Waals surface area contributed by atoms with Gasteiger partial charge in [0, 0.05) is 29.2 Å². The van der Waals surface area contributed by atoms with Crippen LogP contribution in [0.2, 0.25) is 5.02 Å². The first-order valence-corrected chi connectivity index (χ1v) is 7.29. The number of rotatable bonds is 5. The fourth-order valence-corrected chi connectivity index (χ4v) is 2.10. The lowest BCUT2D eigenvalue weighted by molar-refractivity contribution is 0.0505. The lowest BCUT2D eigenvalue weighted by Crippen LogP contribution is -2.44. The van der Waals surface area contributed by atoms with Gasteiger partial charge in [-0.25, -0.2) is 4.79 Å². The van der Waals surface area contributed by atoms with Crippen LogP contribution in [-0.4, -0.2) is 36.5 Å². The number of hydrogen-bond donors (Lipinski definition) is 3. The first kappa shape index (κ1) is 18.4. The number of hydrogen-bond acceptors (Lipinski definition) is 5. The first-order valence-electron chi connectivity index (χ1n) is 6.91. The number of halogens is 1. The van der Waals surface area contributed by atoms with E-state index in [1.807, 2.05) is 0 Å². The summed E-state index contributed by atoms with van der Waals surface area (Å²) >= 11 is 5.99. The number of carbonyl (C=O) groups is 1. The van der Waals surface area contributed by atoms with Crippen molar-refractivity contribution in [3.8, 4) is 11.5 Å². The van der Waals surface area contributed by atoms with Gasteiger partial charge in [-0.3, -0.25) is 0 Å². The number of aromatic hydroxyl groups is 1. The first-order chi connectivity index (χ1) is 10.2. The van der Waals surface area contributed by atoms with Crippen LogP contribution in [-0.2, 0) is 11.2 Å². The number of carbonyl (C=O) groups excluding carboxylic acids is 1. The summed E-state index contributed by atoms with van der Waals surface area (Å²) in [7, 11) is 1.44. The van der Waals surface area contributed by atoms with Gasteiger partial charge >= 0.3 is 6.09 Å². The Kier molecular flexibility index (Phi) is 6.32. The number of benzene rings is 1. The van der Waals surface area contributed by atoms with Gasteiger partial charge in [0.25, 0.3) is 0 Å². The van der Waals surface area contributed by atoms with E-state index in [1.54, 1.807) is 26.8 Å². The third kappa shape index (κ3) is 5.61. The largest absolute Gasteiger partial charge is 0.504 e. The number of ether oxygens (including phenoxy) is 2. The molecular formula is C15H23ClN2O4. The van der Waals surface area contributed by atoms with Crippen LogP contribution in [0, 0.1) is 0 Å². The van der Waals surface area contributed by atoms with Crippen LogP contribution in [0.15, 0.2) is 12.1 Å². The zero-order valence-corrected chi connectivity index (χ0v) is 14.0. The zero-order chi connectivity index (χ0) is 16.9. The summed E-state index contributed by atoms with van der Waals surface area (Å²) in [6, 6.07) is 2.72. The van der Waals surface area contributed by atoms with E-state index >= 15 is 0 Å². The number of amides is 1. The highest BCUT2D eigenvalue weighted by Gasteiger charge is 2.20. The summed E-state index contributed by atoms with van der Waals surface area (Å²) in [5, 5.41) is 13.2. The number of nitrogens with two attached hydrogens (primary N) is 1. The second-order valence-corrected chi connectivity index (χ2v) is 6.34. The molecule has 4 N–H and O–H groups in total. The molecule has 0 heterocycles. The quantitative estimate of drug-likeness (QED) is 0.771. The number of phenolic OH excluding ortho intramolecular Hbond substituents is 1. The van der Waals surface area contributed by atoms with Crippen molar-refractivity contribution in [2.24, 2.45) is 5.73 Å².